The monoisotopic (exact) mass is 466 g/mol. The fourth-order valence-corrected chi connectivity index (χ4v) is 4.97. The van der Waals surface area contributed by atoms with E-state index in [1.165, 1.54) is 17.7 Å². The van der Waals surface area contributed by atoms with Gasteiger partial charge in [-0.25, -0.2) is 4.39 Å². The number of carbonyl (C=O) groups is 2. The number of halogens is 1. The summed E-state index contributed by atoms with van der Waals surface area (Å²) in [6.07, 6.45) is 3.21. The Morgan fingerprint density at radius 1 is 0.941 bits per heavy atom. The molecule has 2 aliphatic rings. The molecule has 4 rings (SSSR count). The Kier molecular flexibility index (Phi) is 8.29. The number of hydrogen-bond acceptors (Lipinski definition) is 4. The van der Waals surface area contributed by atoms with Gasteiger partial charge in [0.15, 0.2) is 0 Å². The third kappa shape index (κ3) is 6.64. The molecular weight excluding hydrogens is 431 g/mol. The molecule has 2 amide bonds. The molecule has 2 aromatic rings. The van der Waals surface area contributed by atoms with Crippen LogP contribution in [0.1, 0.15) is 25.3 Å². The van der Waals surface area contributed by atoms with Crippen LogP contribution in [0.2, 0.25) is 0 Å². The van der Waals surface area contributed by atoms with Crippen LogP contribution in [0.15, 0.2) is 54.6 Å². The number of hydrogen-bond donors (Lipinski definition) is 1. The summed E-state index contributed by atoms with van der Waals surface area (Å²) in [5.74, 6) is 0.434. The molecule has 0 spiro atoms. The maximum Gasteiger partial charge on any atom is 0.239 e. The predicted octanol–water partition coefficient (Wildman–Crippen LogP) is 3.25. The lowest BCUT2D eigenvalue weighted by atomic mass is 9.90. The van der Waals surface area contributed by atoms with Crippen LogP contribution < -0.4 is 5.32 Å². The highest BCUT2D eigenvalue weighted by molar-refractivity contribution is 5.92. The number of anilines is 1. The van der Waals surface area contributed by atoms with E-state index >= 15 is 0 Å². The maximum absolute atomic E-state index is 13.1. The summed E-state index contributed by atoms with van der Waals surface area (Å²) in [5, 5.41) is 2.81. The average molecular weight is 467 g/mol. The summed E-state index contributed by atoms with van der Waals surface area (Å²) in [7, 11) is 0. The highest BCUT2D eigenvalue weighted by atomic mass is 19.1. The van der Waals surface area contributed by atoms with Crippen molar-refractivity contribution >= 4 is 17.5 Å². The van der Waals surface area contributed by atoms with Crippen LogP contribution in [-0.4, -0.2) is 78.4 Å². The van der Waals surface area contributed by atoms with Gasteiger partial charge in [0, 0.05) is 45.0 Å². The van der Waals surface area contributed by atoms with Crippen molar-refractivity contribution in [2.75, 3.05) is 51.1 Å². The van der Waals surface area contributed by atoms with Gasteiger partial charge in [-0.15, -0.1) is 0 Å². The molecule has 0 aliphatic carbocycles. The molecule has 0 bridgehead atoms. The minimum absolute atomic E-state index is 0.109. The van der Waals surface area contributed by atoms with Gasteiger partial charge in [-0.2, -0.15) is 0 Å². The molecule has 0 aromatic heterocycles. The van der Waals surface area contributed by atoms with Crippen molar-refractivity contribution in [1.82, 2.24) is 14.7 Å². The first-order valence-corrected chi connectivity index (χ1v) is 12.3. The van der Waals surface area contributed by atoms with Gasteiger partial charge in [-0.3, -0.25) is 19.4 Å². The van der Waals surface area contributed by atoms with Crippen molar-refractivity contribution < 1.29 is 14.0 Å². The number of rotatable bonds is 7. The second kappa shape index (κ2) is 11.6. The molecule has 0 saturated carbocycles. The fraction of sp³-hybridized carbons (Fsp3) is 0.481. The molecule has 0 radical (unpaired) electrons. The van der Waals surface area contributed by atoms with Crippen molar-refractivity contribution in [3.8, 4) is 0 Å². The SMILES string of the molecule is CC(C(=O)N1CCC(Cc2ccccc2)CC1)N1CCN(CC(=O)Nc2ccc(F)cc2)CC1. The zero-order valence-electron chi connectivity index (χ0n) is 20.0. The largest absolute Gasteiger partial charge is 0.341 e. The van der Waals surface area contributed by atoms with Crippen molar-refractivity contribution in [1.29, 1.82) is 0 Å². The lowest BCUT2D eigenvalue weighted by Crippen LogP contribution is -2.56. The number of benzene rings is 2. The topological polar surface area (TPSA) is 55.9 Å². The summed E-state index contributed by atoms with van der Waals surface area (Å²) >= 11 is 0. The van der Waals surface area contributed by atoms with E-state index in [0.717, 1.165) is 58.5 Å². The number of nitrogens with one attached hydrogen (secondary N) is 1. The van der Waals surface area contributed by atoms with E-state index in [0.29, 0.717) is 18.2 Å². The van der Waals surface area contributed by atoms with Crippen LogP contribution in [0, 0.1) is 11.7 Å². The van der Waals surface area contributed by atoms with Crippen molar-refractivity contribution in [3.05, 3.63) is 66.0 Å². The van der Waals surface area contributed by atoms with Crippen LogP contribution in [0.5, 0.6) is 0 Å². The van der Waals surface area contributed by atoms with E-state index in [1.807, 2.05) is 11.8 Å². The number of carbonyl (C=O) groups excluding carboxylic acids is 2. The molecule has 2 saturated heterocycles. The Morgan fingerprint density at radius 3 is 2.24 bits per heavy atom. The molecular formula is C27H35FN4O2. The zero-order valence-corrected chi connectivity index (χ0v) is 20.0. The number of piperidine rings is 1. The van der Waals surface area contributed by atoms with Crippen molar-refractivity contribution in [2.45, 2.75) is 32.2 Å². The Labute approximate surface area is 201 Å². The fourth-order valence-electron chi connectivity index (χ4n) is 4.97. The zero-order chi connectivity index (χ0) is 23.9. The molecule has 6 nitrogen and oxygen atoms in total. The van der Waals surface area contributed by atoms with Gasteiger partial charge in [0.05, 0.1) is 12.6 Å². The third-order valence-electron chi connectivity index (χ3n) is 7.10. The van der Waals surface area contributed by atoms with Crippen LogP contribution >= 0.6 is 0 Å². The minimum Gasteiger partial charge on any atom is -0.341 e. The molecule has 2 aromatic carbocycles. The summed E-state index contributed by atoms with van der Waals surface area (Å²) < 4.78 is 13.0. The first-order valence-electron chi connectivity index (χ1n) is 12.3. The Morgan fingerprint density at radius 2 is 1.59 bits per heavy atom. The first-order chi connectivity index (χ1) is 16.5. The Hall–Kier alpha value is -2.77. The normalized spacial score (nSPS) is 19.1. The minimum atomic E-state index is -0.325. The second-order valence-electron chi connectivity index (χ2n) is 9.50. The van der Waals surface area contributed by atoms with Crippen LogP contribution in [0.3, 0.4) is 0 Å². The number of piperazine rings is 1. The van der Waals surface area contributed by atoms with Gasteiger partial charge in [0.25, 0.3) is 0 Å². The standard InChI is InChI=1S/C27H35FN4O2/c1-21(27(34)32-13-11-23(12-14-32)19-22-5-3-2-4-6-22)31-17-15-30(16-18-31)20-26(33)29-25-9-7-24(28)8-10-25/h2-10,21,23H,11-20H2,1H3,(H,29,33). The molecule has 1 unspecified atom stereocenters. The molecule has 2 heterocycles. The quantitative estimate of drug-likeness (QED) is 0.681. The van der Waals surface area contributed by atoms with Gasteiger partial charge < -0.3 is 10.2 Å². The van der Waals surface area contributed by atoms with Gasteiger partial charge >= 0.3 is 0 Å². The highest BCUT2D eigenvalue weighted by Gasteiger charge is 2.31. The van der Waals surface area contributed by atoms with Crippen LogP contribution in [0.4, 0.5) is 10.1 Å². The van der Waals surface area contributed by atoms with Crippen molar-refractivity contribution in [2.24, 2.45) is 5.92 Å². The summed E-state index contributed by atoms with van der Waals surface area (Å²) in [6.45, 7) is 7.00. The predicted molar refractivity (Wildman–Crippen MR) is 132 cm³/mol. The number of likely N-dealkylation sites (tertiary alicyclic amines) is 1. The summed E-state index contributed by atoms with van der Waals surface area (Å²) in [5.41, 5.74) is 1.97. The Bertz CT molecular complexity index is 937. The second-order valence-corrected chi connectivity index (χ2v) is 9.50. The maximum atomic E-state index is 13.1. The van der Waals surface area contributed by atoms with E-state index in [9.17, 15) is 14.0 Å². The third-order valence-corrected chi connectivity index (χ3v) is 7.10. The van der Waals surface area contributed by atoms with E-state index < -0.39 is 0 Å². The molecule has 7 heteroatoms. The highest BCUT2D eigenvalue weighted by Crippen LogP contribution is 2.23. The number of nitrogens with zero attached hydrogens (tertiary/aromatic N) is 3. The van der Waals surface area contributed by atoms with Gasteiger partial charge in [-0.1, -0.05) is 30.3 Å². The molecule has 34 heavy (non-hydrogen) atoms. The summed E-state index contributed by atoms with van der Waals surface area (Å²) in [6, 6.07) is 16.2. The first kappa shape index (κ1) is 24.4. The Balaban J connectivity index is 1.17. The van der Waals surface area contributed by atoms with Gasteiger partial charge in [0.2, 0.25) is 11.8 Å². The molecule has 182 valence electrons. The van der Waals surface area contributed by atoms with E-state index in [2.05, 4.69) is 45.4 Å². The van der Waals surface area contributed by atoms with Gasteiger partial charge in [0.1, 0.15) is 5.82 Å². The van der Waals surface area contributed by atoms with Crippen molar-refractivity contribution in [3.63, 3.8) is 0 Å². The molecule has 1 atom stereocenters. The van der Waals surface area contributed by atoms with E-state index in [1.54, 1.807) is 12.1 Å². The summed E-state index contributed by atoms with van der Waals surface area (Å²) in [4.78, 5) is 31.8. The molecule has 2 fully saturated rings. The molecule has 1 N–H and O–H groups in total. The van der Waals surface area contributed by atoms with E-state index in [-0.39, 0.29) is 23.7 Å². The lowest BCUT2D eigenvalue weighted by molar-refractivity contribution is -0.138. The smallest absolute Gasteiger partial charge is 0.239 e. The van der Waals surface area contributed by atoms with Crippen LogP contribution in [-0.2, 0) is 16.0 Å². The number of amides is 2. The average Bonchev–Trinajstić information content (AvgIpc) is 2.86. The molecule has 2 aliphatic heterocycles. The lowest BCUT2D eigenvalue weighted by Gasteiger charge is -2.40. The van der Waals surface area contributed by atoms with Gasteiger partial charge in [-0.05, 0) is 61.9 Å². The van der Waals surface area contributed by atoms with Crippen LogP contribution in [0.25, 0.3) is 0 Å². The van der Waals surface area contributed by atoms with E-state index in [4.69, 9.17) is 0 Å².